The highest BCUT2D eigenvalue weighted by atomic mass is 19.1. The van der Waals surface area contributed by atoms with Crippen molar-refractivity contribution in [1.29, 1.82) is 5.26 Å². The van der Waals surface area contributed by atoms with E-state index >= 15 is 0 Å². The third-order valence-electron chi connectivity index (χ3n) is 5.79. The topological polar surface area (TPSA) is 96.7 Å². The Kier molecular flexibility index (Phi) is 6.32. The molecule has 2 amide bonds. The van der Waals surface area contributed by atoms with Crippen molar-refractivity contribution in [2.75, 3.05) is 30.3 Å². The summed E-state index contributed by atoms with van der Waals surface area (Å²) in [5.41, 5.74) is 2.43. The molecule has 3 aromatic rings. The summed E-state index contributed by atoms with van der Waals surface area (Å²) in [6.45, 7) is 7.16. The lowest BCUT2D eigenvalue weighted by Crippen LogP contribution is -2.63. The van der Waals surface area contributed by atoms with E-state index in [9.17, 15) is 14.4 Å². The molecule has 4 rings (SSSR count). The van der Waals surface area contributed by atoms with Crippen LogP contribution >= 0.6 is 0 Å². The van der Waals surface area contributed by atoms with E-state index < -0.39 is 11.4 Å². The maximum atomic E-state index is 13.5. The fourth-order valence-corrected chi connectivity index (χ4v) is 4.18. The first-order chi connectivity index (χ1) is 16.3. The number of carbonyl (C=O) groups excluding carboxylic acids is 1. The van der Waals surface area contributed by atoms with E-state index in [1.165, 1.54) is 12.1 Å². The SMILES string of the molecule is Cc1ccc2c(N/C(=N/C#N)N3CCN(C(=O)Nc4cccc(F)c4)CC3(C)C)cccc2n1. The number of aryl methyl sites for hydroxylation is 1. The zero-order chi connectivity index (χ0) is 24.3. The lowest BCUT2D eigenvalue weighted by Gasteiger charge is -2.48. The Balaban J connectivity index is 1.52. The van der Waals surface area contributed by atoms with Gasteiger partial charge in [0, 0.05) is 36.4 Å². The van der Waals surface area contributed by atoms with E-state index in [1.54, 1.807) is 17.0 Å². The molecule has 34 heavy (non-hydrogen) atoms. The van der Waals surface area contributed by atoms with E-state index in [0.717, 1.165) is 22.3 Å². The highest BCUT2D eigenvalue weighted by Crippen LogP contribution is 2.26. The molecule has 1 fully saturated rings. The van der Waals surface area contributed by atoms with Gasteiger partial charge >= 0.3 is 6.03 Å². The first kappa shape index (κ1) is 23.0. The highest BCUT2D eigenvalue weighted by molar-refractivity contribution is 6.03. The van der Waals surface area contributed by atoms with Crippen LogP contribution in [-0.2, 0) is 0 Å². The summed E-state index contributed by atoms with van der Waals surface area (Å²) in [5, 5.41) is 16.3. The summed E-state index contributed by atoms with van der Waals surface area (Å²) in [7, 11) is 0. The molecule has 0 unspecified atom stereocenters. The molecule has 0 radical (unpaired) electrons. The predicted molar refractivity (Wildman–Crippen MR) is 131 cm³/mol. The van der Waals surface area contributed by atoms with Gasteiger partial charge in [-0.2, -0.15) is 5.26 Å². The number of nitrogens with zero attached hydrogens (tertiary/aromatic N) is 5. The Labute approximate surface area is 197 Å². The van der Waals surface area contributed by atoms with Crippen LogP contribution in [0.15, 0.2) is 59.6 Å². The van der Waals surface area contributed by atoms with Gasteiger partial charge < -0.3 is 20.4 Å². The molecule has 1 aromatic heterocycles. The quantitative estimate of drug-likeness (QED) is 0.333. The van der Waals surface area contributed by atoms with Crippen molar-refractivity contribution in [3.8, 4) is 6.19 Å². The number of aliphatic imine (C=N–C) groups is 1. The second-order valence-electron chi connectivity index (χ2n) is 8.81. The molecule has 0 atom stereocenters. The molecule has 1 aliphatic heterocycles. The van der Waals surface area contributed by atoms with E-state index in [4.69, 9.17) is 0 Å². The first-order valence-electron chi connectivity index (χ1n) is 11.0. The van der Waals surface area contributed by atoms with Gasteiger partial charge in [0.2, 0.25) is 12.2 Å². The molecular formula is C25H26FN7O. The zero-order valence-electron chi connectivity index (χ0n) is 19.3. The Morgan fingerprint density at radius 3 is 2.68 bits per heavy atom. The standard InChI is InChI=1S/C25H26FN7O/c1-17-10-11-20-21(29-17)8-5-9-22(20)31-23(28-16-27)33-13-12-32(15-25(33,2)3)24(34)30-19-7-4-6-18(26)14-19/h4-11,14H,12-13,15H2,1-3H3,(H,28,31)(H,30,34). The molecule has 0 saturated carbocycles. The van der Waals surface area contributed by atoms with Crippen molar-refractivity contribution in [3.63, 3.8) is 0 Å². The molecule has 1 saturated heterocycles. The highest BCUT2D eigenvalue weighted by Gasteiger charge is 2.38. The van der Waals surface area contributed by atoms with Crippen molar-refractivity contribution in [1.82, 2.24) is 14.8 Å². The molecular weight excluding hydrogens is 433 g/mol. The van der Waals surface area contributed by atoms with Crippen LogP contribution in [0.5, 0.6) is 0 Å². The Bertz CT molecular complexity index is 1300. The summed E-state index contributed by atoms with van der Waals surface area (Å²) < 4.78 is 13.5. The van der Waals surface area contributed by atoms with E-state index in [2.05, 4.69) is 20.6 Å². The van der Waals surface area contributed by atoms with Crippen molar-refractivity contribution in [2.24, 2.45) is 4.99 Å². The number of nitrogens with one attached hydrogen (secondary N) is 2. The Morgan fingerprint density at radius 2 is 1.94 bits per heavy atom. The number of fused-ring (bicyclic) bond motifs is 1. The van der Waals surface area contributed by atoms with Gasteiger partial charge in [-0.15, -0.1) is 4.99 Å². The number of amides is 2. The average molecular weight is 460 g/mol. The average Bonchev–Trinajstić information content (AvgIpc) is 2.78. The second-order valence-corrected chi connectivity index (χ2v) is 8.81. The number of guanidine groups is 1. The molecule has 9 heteroatoms. The molecule has 174 valence electrons. The molecule has 2 heterocycles. The number of hydrogen-bond acceptors (Lipinski definition) is 4. The maximum Gasteiger partial charge on any atom is 0.321 e. The lowest BCUT2D eigenvalue weighted by molar-refractivity contribution is 0.0938. The summed E-state index contributed by atoms with van der Waals surface area (Å²) in [6.07, 6.45) is 1.89. The van der Waals surface area contributed by atoms with Crippen LogP contribution < -0.4 is 10.6 Å². The van der Waals surface area contributed by atoms with Crippen molar-refractivity contribution in [2.45, 2.75) is 26.3 Å². The fraction of sp³-hybridized carbons (Fsp3) is 0.280. The number of aromatic nitrogens is 1. The van der Waals surface area contributed by atoms with Crippen LogP contribution in [0.1, 0.15) is 19.5 Å². The fourth-order valence-electron chi connectivity index (χ4n) is 4.18. The summed E-state index contributed by atoms with van der Waals surface area (Å²) in [5.74, 6) is -0.00376. The van der Waals surface area contributed by atoms with E-state index in [-0.39, 0.29) is 6.03 Å². The molecule has 2 aromatic carbocycles. The van der Waals surface area contributed by atoms with E-state index in [0.29, 0.717) is 31.3 Å². The number of benzene rings is 2. The third-order valence-corrected chi connectivity index (χ3v) is 5.79. The smallest absolute Gasteiger partial charge is 0.321 e. The number of piperazine rings is 1. The minimum Gasteiger partial charge on any atom is -0.333 e. The third kappa shape index (κ3) is 4.91. The minimum atomic E-state index is -0.528. The number of rotatable bonds is 2. The van der Waals surface area contributed by atoms with Gasteiger partial charge in [-0.3, -0.25) is 4.98 Å². The molecule has 8 nitrogen and oxygen atoms in total. The summed E-state index contributed by atoms with van der Waals surface area (Å²) in [4.78, 5) is 25.1. The largest absolute Gasteiger partial charge is 0.333 e. The number of carbonyl (C=O) groups is 1. The number of nitriles is 1. The molecule has 0 bridgehead atoms. The zero-order valence-corrected chi connectivity index (χ0v) is 19.3. The van der Waals surface area contributed by atoms with Gasteiger partial charge in [-0.1, -0.05) is 12.1 Å². The lowest BCUT2D eigenvalue weighted by atomic mass is 9.99. The van der Waals surface area contributed by atoms with Crippen LogP contribution in [0.3, 0.4) is 0 Å². The second kappa shape index (κ2) is 9.35. The van der Waals surface area contributed by atoms with Gasteiger partial charge in [-0.05, 0) is 63.2 Å². The van der Waals surface area contributed by atoms with Crippen LogP contribution in [0, 0.1) is 24.2 Å². The molecule has 2 N–H and O–H groups in total. The number of halogens is 1. The van der Waals surface area contributed by atoms with Crippen molar-refractivity contribution >= 4 is 34.3 Å². The monoisotopic (exact) mass is 459 g/mol. The Morgan fingerprint density at radius 1 is 1.15 bits per heavy atom. The summed E-state index contributed by atoms with van der Waals surface area (Å²) >= 11 is 0. The normalized spacial score (nSPS) is 15.7. The molecule has 0 aliphatic carbocycles. The molecule has 1 aliphatic rings. The van der Waals surface area contributed by atoms with Gasteiger partial charge in [0.05, 0.1) is 16.7 Å². The van der Waals surface area contributed by atoms with E-state index in [1.807, 2.05) is 62.2 Å². The number of anilines is 2. The Hall–Kier alpha value is -4.19. The number of hydrogen-bond donors (Lipinski definition) is 2. The summed E-state index contributed by atoms with van der Waals surface area (Å²) in [6, 6.07) is 15.2. The van der Waals surface area contributed by atoms with Crippen LogP contribution in [-0.4, -0.2) is 51.9 Å². The van der Waals surface area contributed by atoms with Gasteiger partial charge in [-0.25, -0.2) is 9.18 Å². The van der Waals surface area contributed by atoms with Crippen LogP contribution in [0.2, 0.25) is 0 Å². The maximum absolute atomic E-state index is 13.5. The van der Waals surface area contributed by atoms with Gasteiger partial charge in [0.25, 0.3) is 0 Å². The predicted octanol–water partition coefficient (Wildman–Crippen LogP) is 4.56. The van der Waals surface area contributed by atoms with Crippen molar-refractivity contribution < 1.29 is 9.18 Å². The number of urea groups is 1. The van der Waals surface area contributed by atoms with Crippen molar-refractivity contribution in [3.05, 3.63) is 66.1 Å². The van der Waals surface area contributed by atoms with Gasteiger partial charge in [0.1, 0.15) is 5.82 Å². The minimum absolute atomic E-state index is 0.305. The number of pyridine rings is 1. The first-order valence-corrected chi connectivity index (χ1v) is 11.0. The van der Waals surface area contributed by atoms with Crippen LogP contribution in [0.4, 0.5) is 20.6 Å². The van der Waals surface area contributed by atoms with Gasteiger partial charge in [0.15, 0.2) is 0 Å². The molecule has 0 spiro atoms. The van der Waals surface area contributed by atoms with Crippen LogP contribution in [0.25, 0.3) is 10.9 Å².